The van der Waals surface area contributed by atoms with Crippen LogP contribution in [-0.4, -0.2) is 47.2 Å². The number of aliphatic carboxylic acids is 1. The Hall–Kier alpha value is -1.88. The topological polar surface area (TPSA) is 66.8 Å². The van der Waals surface area contributed by atoms with Crippen LogP contribution in [0.25, 0.3) is 0 Å². The predicted molar refractivity (Wildman–Crippen MR) is 85.0 cm³/mol. The zero-order valence-electron chi connectivity index (χ0n) is 13.2. The first-order valence-electron chi connectivity index (χ1n) is 8.34. The van der Waals surface area contributed by atoms with E-state index in [9.17, 15) is 9.59 Å². The van der Waals surface area contributed by atoms with Crippen LogP contribution in [0.15, 0.2) is 30.3 Å². The van der Waals surface area contributed by atoms with E-state index in [2.05, 4.69) is 12.1 Å². The molecule has 1 unspecified atom stereocenters. The number of carboxylic acids is 1. The summed E-state index contributed by atoms with van der Waals surface area (Å²) < 4.78 is 5.40. The Morgan fingerprint density at radius 3 is 2.57 bits per heavy atom. The Kier molecular flexibility index (Phi) is 4.96. The molecule has 2 heterocycles. The normalized spacial score (nSPS) is 27.8. The van der Waals surface area contributed by atoms with Crippen molar-refractivity contribution in [2.24, 2.45) is 5.92 Å². The molecule has 2 aliphatic rings. The number of rotatable bonds is 4. The van der Waals surface area contributed by atoms with Crippen molar-refractivity contribution in [3.8, 4) is 0 Å². The second-order valence-electron chi connectivity index (χ2n) is 6.51. The van der Waals surface area contributed by atoms with Crippen LogP contribution in [0.3, 0.4) is 0 Å². The smallest absolute Gasteiger partial charge is 0.332 e. The van der Waals surface area contributed by atoms with E-state index < -0.39 is 18.2 Å². The highest BCUT2D eigenvalue weighted by atomic mass is 16.5. The number of benzene rings is 1. The van der Waals surface area contributed by atoms with E-state index in [0.717, 1.165) is 32.4 Å². The van der Waals surface area contributed by atoms with Crippen LogP contribution in [0.4, 0.5) is 0 Å². The van der Waals surface area contributed by atoms with Crippen LogP contribution in [0.2, 0.25) is 0 Å². The molecule has 1 aromatic rings. The minimum Gasteiger partial charge on any atom is -0.479 e. The number of piperidine rings is 1. The molecule has 0 spiro atoms. The summed E-state index contributed by atoms with van der Waals surface area (Å²) in [5.41, 5.74) is 1.30. The maximum atomic E-state index is 12.6. The van der Waals surface area contributed by atoms with Crippen molar-refractivity contribution < 1.29 is 19.4 Å². The quantitative estimate of drug-likeness (QED) is 0.923. The van der Waals surface area contributed by atoms with Gasteiger partial charge in [-0.25, -0.2) is 4.79 Å². The first kappa shape index (κ1) is 16.0. The van der Waals surface area contributed by atoms with Gasteiger partial charge in [-0.3, -0.25) is 4.79 Å². The molecule has 0 aliphatic carbocycles. The van der Waals surface area contributed by atoms with Gasteiger partial charge in [0.25, 0.3) is 5.91 Å². The van der Waals surface area contributed by atoms with Crippen LogP contribution < -0.4 is 0 Å². The van der Waals surface area contributed by atoms with Crippen LogP contribution in [0.1, 0.15) is 31.2 Å². The molecule has 0 aromatic heterocycles. The van der Waals surface area contributed by atoms with Crippen LogP contribution in [-0.2, 0) is 20.7 Å². The molecule has 1 N–H and O–H groups in total. The third-order valence-electron chi connectivity index (χ3n) is 4.77. The first-order valence-corrected chi connectivity index (χ1v) is 8.34. The lowest BCUT2D eigenvalue weighted by Gasteiger charge is -2.34. The Morgan fingerprint density at radius 1 is 1.13 bits per heavy atom. The average Bonchev–Trinajstić information content (AvgIpc) is 3.06. The van der Waals surface area contributed by atoms with Crippen molar-refractivity contribution in [3.63, 3.8) is 0 Å². The zero-order valence-corrected chi connectivity index (χ0v) is 13.2. The molecule has 5 heteroatoms. The van der Waals surface area contributed by atoms with E-state index in [1.165, 1.54) is 5.56 Å². The third-order valence-corrected chi connectivity index (χ3v) is 4.77. The summed E-state index contributed by atoms with van der Waals surface area (Å²) in [7, 11) is 0. The molecule has 124 valence electrons. The summed E-state index contributed by atoms with van der Waals surface area (Å²) in [5.74, 6) is -0.542. The van der Waals surface area contributed by atoms with Gasteiger partial charge in [-0.2, -0.15) is 0 Å². The second-order valence-corrected chi connectivity index (χ2v) is 6.51. The summed E-state index contributed by atoms with van der Waals surface area (Å²) in [4.78, 5) is 25.4. The largest absolute Gasteiger partial charge is 0.479 e. The summed E-state index contributed by atoms with van der Waals surface area (Å²) >= 11 is 0. The molecule has 0 radical (unpaired) electrons. The highest BCUT2D eigenvalue weighted by molar-refractivity contribution is 5.82. The number of likely N-dealkylation sites (tertiary alicyclic amines) is 1. The molecule has 2 saturated heterocycles. The highest BCUT2D eigenvalue weighted by Gasteiger charge is 2.37. The van der Waals surface area contributed by atoms with E-state index in [-0.39, 0.29) is 5.91 Å². The van der Waals surface area contributed by atoms with E-state index in [4.69, 9.17) is 9.84 Å². The van der Waals surface area contributed by atoms with Crippen molar-refractivity contribution in [3.05, 3.63) is 35.9 Å². The number of hydrogen-bond donors (Lipinski definition) is 1. The van der Waals surface area contributed by atoms with E-state index >= 15 is 0 Å². The monoisotopic (exact) mass is 317 g/mol. The molecule has 1 amide bonds. The fourth-order valence-corrected chi connectivity index (χ4v) is 3.58. The van der Waals surface area contributed by atoms with Gasteiger partial charge in [0.1, 0.15) is 6.10 Å². The molecule has 3 rings (SSSR count). The van der Waals surface area contributed by atoms with E-state index in [1.54, 1.807) is 0 Å². The molecule has 0 bridgehead atoms. The minimum atomic E-state index is -0.971. The Morgan fingerprint density at radius 2 is 1.87 bits per heavy atom. The van der Waals surface area contributed by atoms with Crippen molar-refractivity contribution in [2.45, 2.75) is 44.3 Å². The highest BCUT2D eigenvalue weighted by Crippen LogP contribution is 2.26. The fraction of sp³-hybridized carbons (Fsp3) is 0.556. The summed E-state index contributed by atoms with van der Waals surface area (Å²) in [6, 6.07) is 10.3. The van der Waals surface area contributed by atoms with Crippen molar-refractivity contribution in [2.75, 3.05) is 13.1 Å². The van der Waals surface area contributed by atoms with Crippen molar-refractivity contribution >= 4 is 11.9 Å². The second kappa shape index (κ2) is 7.13. The lowest BCUT2D eigenvalue weighted by atomic mass is 9.91. The Labute approximate surface area is 136 Å². The van der Waals surface area contributed by atoms with Gasteiger partial charge in [-0.15, -0.1) is 0 Å². The third kappa shape index (κ3) is 3.91. The molecule has 2 aliphatic heterocycles. The number of carbonyl (C=O) groups is 2. The van der Waals surface area contributed by atoms with Gasteiger partial charge in [-0.05, 0) is 43.6 Å². The van der Waals surface area contributed by atoms with E-state index in [1.807, 2.05) is 23.1 Å². The fourth-order valence-electron chi connectivity index (χ4n) is 3.58. The van der Waals surface area contributed by atoms with Crippen molar-refractivity contribution in [1.29, 1.82) is 0 Å². The number of carbonyl (C=O) groups excluding carboxylic acids is 1. The Bertz CT molecular complexity index is 559. The molecule has 1 aromatic carbocycles. The van der Waals surface area contributed by atoms with Gasteiger partial charge in [-0.1, -0.05) is 30.3 Å². The van der Waals surface area contributed by atoms with Gasteiger partial charge in [0.2, 0.25) is 0 Å². The number of amides is 1. The summed E-state index contributed by atoms with van der Waals surface area (Å²) in [6.07, 6.45) is 2.64. The van der Waals surface area contributed by atoms with Gasteiger partial charge in [0.05, 0.1) is 0 Å². The molecule has 23 heavy (non-hydrogen) atoms. The van der Waals surface area contributed by atoms with Gasteiger partial charge < -0.3 is 14.7 Å². The maximum absolute atomic E-state index is 12.6. The number of hydrogen-bond acceptors (Lipinski definition) is 3. The SMILES string of the molecule is O=C(O)[C@H]1CC[C@@H](C(=O)N2CCCC(Cc3ccccc3)C2)O1. The average molecular weight is 317 g/mol. The van der Waals surface area contributed by atoms with Gasteiger partial charge >= 0.3 is 5.97 Å². The van der Waals surface area contributed by atoms with Crippen LogP contribution in [0.5, 0.6) is 0 Å². The molecule has 0 saturated carbocycles. The van der Waals surface area contributed by atoms with Crippen LogP contribution in [0, 0.1) is 5.92 Å². The molecule has 2 fully saturated rings. The minimum absolute atomic E-state index is 0.0356. The Balaban J connectivity index is 1.56. The molecule has 5 nitrogen and oxygen atoms in total. The summed E-state index contributed by atoms with van der Waals surface area (Å²) in [6.45, 7) is 1.49. The summed E-state index contributed by atoms with van der Waals surface area (Å²) in [5, 5.41) is 8.98. The molecular formula is C18H23NO4. The van der Waals surface area contributed by atoms with Crippen LogP contribution >= 0.6 is 0 Å². The zero-order chi connectivity index (χ0) is 16.2. The molecule has 3 atom stereocenters. The first-order chi connectivity index (χ1) is 11.1. The number of carboxylic acid groups (broad SMARTS) is 1. The predicted octanol–water partition coefficient (Wildman–Crippen LogP) is 2.10. The van der Waals surface area contributed by atoms with E-state index in [0.29, 0.717) is 18.8 Å². The van der Waals surface area contributed by atoms with Gasteiger partial charge in [0, 0.05) is 13.1 Å². The standard InChI is InChI=1S/C18H23NO4/c20-17(15-8-9-16(23-15)18(21)22)19-10-4-7-14(12-19)11-13-5-2-1-3-6-13/h1-3,5-6,14-16H,4,7-12H2,(H,21,22)/t14?,15-,16+/m0/s1. The molecular weight excluding hydrogens is 294 g/mol. The maximum Gasteiger partial charge on any atom is 0.332 e. The van der Waals surface area contributed by atoms with Crippen molar-refractivity contribution in [1.82, 2.24) is 4.90 Å². The lowest BCUT2D eigenvalue weighted by molar-refractivity contribution is -0.155. The number of ether oxygens (including phenoxy) is 1. The lowest BCUT2D eigenvalue weighted by Crippen LogP contribution is -2.45. The van der Waals surface area contributed by atoms with Gasteiger partial charge in [0.15, 0.2) is 6.10 Å². The number of nitrogens with zero attached hydrogens (tertiary/aromatic N) is 1.